The highest BCUT2D eigenvalue weighted by Gasteiger charge is 2.09. The number of rotatable bonds is 4. The fourth-order valence-corrected chi connectivity index (χ4v) is 1.49. The number of nitrogens with zero attached hydrogens (tertiary/aromatic N) is 1. The van der Waals surface area contributed by atoms with E-state index in [1.54, 1.807) is 25.3 Å². The fraction of sp³-hybridized carbons (Fsp3) is 0.455. The summed E-state index contributed by atoms with van der Waals surface area (Å²) in [6, 6.07) is 5.14. The van der Waals surface area contributed by atoms with Crippen LogP contribution in [0.2, 0.25) is 0 Å². The summed E-state index contributed by atoms with van der Waals surface area (Å²) >= 11 is 0. The summed E-state index contributed by atoms with van der Waals surface area (Å²) in [5.41, 5.74) is 0.942. The molecule has 0 aliphatic rings. The van der Waals surface area contributed by atoms with Crippen LogP contribution in [0.1, 0.15) is 13.8 Å². The minimum atomic E-state index is 0. The van der Waals surface area contributed by atoms with Crippen molar-refractivity contribution in [2.75, 3.05) is 25.1 Å². The van der Waals surface area contributed by atoms with E-state index < -0.39 is 0 Å². The maximum atomic E-state index is 9.39. The molecule has 3 nitrogen and oxygen atoms in total. The Morgan fingerprint density at radius 2 is 1.87 bits per heavy atom. The molecule has 4 heteroatoms. The number of hydrogen-bond donors (Lipinski definition) is 1. The van der Waals surface area contributed by atoms with Gasteiger partial charge in [-0.2, -0.15) is 0 Å². The van der Waals surface area contributed by atoms with Crippen molar-refractivity contribution in [1.29, 1.82) is 0 Å². The van der Waals surface area contributed by atoms with Crippen LogP contribution in [0, 0.1) is 0 Å². The Morgan fingerprint density at radius 3 is 2.33 bits per heavy atom. The molecule has 1 rings (SSSR count). The van der Waals surface area contributed by atoms with Crippen LogP contribution in [-0.2, 0) is 0 Å². The summed E-state index contributed by atoms with van der Waals surface area (Å²) < 4.78 is 5.23. The van der Waals surface area contributed by atoms with Gasteiger partial charge in [-0.3, -0.25) is 0 Å². The zero-order chi connectivity index (χ0) is 10.6. The molecule has 86 valence electrons. The Kier molecular flexibility index (Phi) is 5.94. The van der Waals surface area contributed by atoms with Crippen LogP contribution in [0.3, 0.4) is 0 Å². The number of methoxy groups -OCH3 is 1. The van der Waals surface area contributed by atoms with E-state index in [4.69, 9.17) is 4.74 Å². The van der Waals surface area contributed by atoms with Gasteiger partial charge in [0.25, 0.3) is 0 Å². The molecule has 1 aromatic rings. The number of phenols is 1. The van der Waals surface area contributed by atoms with Crippen molar-refractivity contribution in [2.24, 2.45) is 0 Å². The van der Waals surface area contributed by atoms with Crippen molar-refractivity contribution >= 4 is 18.1 Å². The molecule has 0 heterocycles. The molecule has 0 unspecified atom stereocenters. The largest absolute Gasteiger partial charge is 0.508 e. The van der Waals surface area contributed by atoms with E-state index in [1.165, 1.54) is 0 Å². The van der Waals surface area contributed by atoms with Crippen LogP contribution in [0.15, 0.2) is 18.2 Å². The second-order valence-electron chi connectivity index (χ2n) is 3.03. The molecule has 0 radical (unpaired) electrons. The number of phenolic OH excluding ortho intramolecular Hbond substituents is 1. The van der Waals surface area contributed by atoms with Gasteiger partial charge in [-0.25, -0.2) is 0 Å². The number of aromatic hydroxyl groups is 1. The fourth-order valence-electron chi connectivity index (χ4n) is 1.49. The summed E-state index contributed by atoms with van der Waals surface area (Å²) in [7, 11) is 1.64. The van der Waals surface area contributed by atoms with E-state index in [1.807, 2.05) is 0 Å². The molecule has 1 N–H and O–H groups in total. The number of benzene rings is 1. The summed E-state index contributed by atoms with van der Waals surface area (Å²) in [6.45, 7) is 5.95. The van der Waals surface area contributed by atoms with Crippen molar-refractivity contribution in [3.63, 3.8) is 0 Å². The lowest BCUT2D eigenvalue weighted by atomic mass is 10.2. The molecule has 0 aliphatic heterocycles. The maximum Gasteiger partial charge on any atom is 0.142 e. The van der Waals surface area contributed by atoms with Gasteiger partial charge in [-0.1, -0.05) is 0 Å². The summed E-state index contributed by atoms with van der Waals surface area (Å²) in [4.78, 5) is 2.14. The molecule has 0 spiro atoms. The molecular formula is C11H18ClNO2. The number of ether oxygens (including phenoxy) is 1. The topological polar surface area (TPSA) is 32.7 Å². The number of halogens is 1. The summed E-state index contributed by atoms with van der Waals surface area (Å²) in [6.07, 6.45) is 0. The third-order valence-electron chi connectivity index (χ3n) is 2.27. The maximum absolute atomic E-state index is 9.39. The van der Waals surface area contributed by atoms with Gasteiger partial charge in [0.05, 0.1) is 12.8 Å². The van der Waals surface area contributed by atoms with Crippen molar-refractivity contribution in [2.45, 2.75) is 13.8 Å². The smallest absolute Gasteiger partial charge is 0.142 e. The van der Waals surface area contributed by atoms with Gasteiger partial charge in [0.1, 0.15) is 11.5 Å². The van der Waals surface area contributed by atoms with Crippen LogP contribution in [-0.4, -0.2) is 25.3 Å². The molecule has 0 atom stereocenters. The molecule has 0 amide bonds. The van der Waals surface area contributed by atoms with Crippen LogP contribution >= 0.6 is 12.4 Å². The first-order valence-corrected chi connectivity index (χ1v) is 4.84. The van der Waals surface area contributed by atoms with Gasteiger partial charge in [-0.15, -0.1) is 12.4 Å². The predicted octanol–water partition coefficient (Wildman–Crippen LogP) is 2.67. The van der Waals surface area contributed by atoms with Crippen molar-refractivity contribution in [1.82, 2.24) is 0 Å². The van der Waals surface area contributed by atoms with Gasteiger partial charge in [-0.05, 0) is 26.0 Å². The van der Waals surface area contributed by atoms with E-state index in [-0.39, 0.29) is 18.2 Å². The number of anilines is 1. The van der Waals surface area contributed by atoms with Gasteiger partial charge >= 0.3 is 0 Å². The third kappa shape index (κ3) is 3.20. The average molecular weight is 232 g/mol. The first-order valence-electron chi connectivity index (χ1n) is 4.84. The minimum absolute atomic E-state index is 0. The lowest BCUT2D eigenvalue weighted by Crippen LogP contribution is -2.22. The zero-order valence-corrected chi connectivity index (χ0v) is 10.2. The highest BCUT2D eigenvalue weighted by molar-refractivity contribution is 5.85. The Bertz CT molecular complexity index is 301. The first-order chi connectivity index (χ1) is 6.72. The van der Waals surface area contributed by atoms with Crippen molar-refractivity contribution in [3.05, 3.63) is 18.2 Å². The highest BCUT2D eigenvalue weighted by Crippen LogP contribution is 2.31. The van der Waals surface area contributed by atoms with Gasteiger partial charge in [0.2, 0.25) is 0 Å². The summed E-state index contributed by atoms with van der Waals surface area (Å²) in [5, 5.41) is 9.39. The lowest BCUT2D eigenvalue weighted by molar-refractivity contribution is 0.412. The zero-order valence-electron chi connectivity index (χ0n) is 9.36. The van der Waals surface area contributed by atoms with Crippen molar-refractivity contribution < 1.29 is 9.84 Å². The van der Waals surface area contributed by atoms with E-state index in [0.29, 0.717) is 0 Å². The molecule has 0 fully saturated rings. The van der Waals surface area contributed by atoms with E-state index in [2.05, 4.69) is 18.7 Å². The van der Waals surface area contributed by atoms with Gasteiger partial charge < -0.3 is 14.7 Å². The molecule has 0 saturated carbocycles. The molecule has 0 saturated heterocycles. The van der Waals surface area contributed by atoms with E-state index in [9.17, 15) is 5.11 Å². The average Bonchev–Trinajstić information content (AvgIpc) is 2.20. The van der Waals surface area contributed by atoms with Gasteiger partial charge in [0, 0.05) is 19.2 Å². The standard InChI is InChI=1S/C11H17NO2.ClH/c1-4-12(5-2)10-8-9(13)6-7-11(10)14-3;/h6-8,13H,4-5H2,1-3H3;1H. The SMILES string of the molecule is CCN(CC)c1cc(O)ccc1OC.Cl. The quantitative estimate of drug-likeness (QED) is 0.865. The van der Waals surface area contributed by atoms with Crippen LogP contribution in [0.25, 0.3) is 0 Å². The monoisotopic (exact) mass is 231 g/mol. The second-order valence-corrected chi connectivity index (χ2v) is 3.03. The third-order valence-corrected chi connectivity index (χ3v) is 2.27. The molecule has 0 bridgehead atoms. The second kappa shape index (κ2) is 6.40. The Hall–Kier alpha value is -1.09. The minimum Gasteiger partial charge on any atom is -0.508 e. The van der Waals surface area contributed by atoms with Crippen LogP contribution in [0.4, 0.5) is 5.69 Å². The lowest BCUT2D eigenvalue weighted by Gasteiger charge is -2.23. The molecule has 1 aromatic carbocycles. The molecule has 0 aliphatic carbocycles. The molecule has 0 aromatic heterocycles. The molecular weight excluding hydrogens is 214 g/mol. The van der Waals surface area contributed by atoms with Crippen LogP contribution in [0.5, 0.6) is 11.5 Å². The molecule has 15 heavy (non-hydrogen) atoms. The van der Waals surface area contributed by atoms with Crippen molar-refractivity contribution in [3.8, 4) is 11.5 Å². The summed E-state index contributed by atoms with van der Waals surface area (Å²) in [5.74, 6) is 1.07. The first kappa shape index (κ1) is 13.9. The van der Waals surface area contributed by atoms with E-state index in [0.717, 1.165) is 24.5 Å². The normalized spacial score (nSPS) is 9.27. The Labute approximate surface area is 97.1 Å². The van der Waals surface area contributed by atoms with Crippen LogP contribution < -0.4 is 9.64 Å². The predicted molar refractivity (Wildman–Crippen MR) is 65.5 cm³/mol. The van der Waals surface area contributed by atoms with Gasteiger partial charge in [0.15, 0.2) is 0 Å². The van der Waals surface area contributed by atoms with E-state index >= 15 is 0 Å². The number of hydrogen-bond acceptors (Lipinski definition) is 3. The Morgan fingerprint density at radius 1 is 1.27 bits per heavy atom. The Balaban J connectivity index is 0.00000196. The highest BCUT2D eigenvalue weighted by atomic mass is 35.5.